The normalized spacial score (nSPS) is 11.5. The lowest BCUT2D eigenvalue weighted by Crippen LogP contribution is -2.20. The molecule has 2 aromatic rings. The summed E-state index contributed by atoms with van der Waals surface area (Å²) in [6.45, 7) is 1.91. The highest BCUT2D eigenvalue weighted by molar-refractivity contribution is 5.90. The van der Waals surface area contributed by atoms with Gasteiger partial charge in [0.1, 0.15) is 5.75 Å². The van der Waals surface area contributed by atoms with Gasteiger partial charge in [0.05, 0.1) is 42.6 Å². The van der Waals surface area contributed by atoms with E-state index in [1.165, 1.54) is 37.4 Å². The largest absolute Gasteiger partial charge is 0.481 e. The molecule has 0 aliphatic rings. The maximum absolute atomic E-state index is 12.5. The summed E-state index contributed by atoms with van der Waals surface area (Å²) in [5, 5.41) is 20.6. The molecule has 1 unspecified atom stereocenters. The van der Waals surface area contributed by atoms with Crippen LogP contribution in [0.15, 0.2) is 36.4 Å². The second-order valence-corrected chi connectivity index (χ2v) is 6.98. The number of aliphatic carboxylic acids is 1. The van der Waals surface area contributed by atoms with Crippen molar-refractivity contribution < 1.29 is 43.4 Å². The summed E-state index contributed by atoms with van der Waals surface area (Å²) in [5.41, 5.74) is 0.568. The van der Waals surface area contributed by atoms with Crippen molar-refractivity contribution >= 4 is 23.9 Å². The zero-order valence-corrected chi connectivity index (χ0v) is 18.7. The summed E-state index contributed by atoms with van der Waals surface area (Å²) in [5.74, 6) is -3.16. The Labute approximate surface area is 195 Å². The number of non-ortho nitro benzene ring substituents is 1. The number of esters is 1. The minimum Gasteiger partial charge on any atom is -0.481 e. The van der Waals surface area contributed by atoms with Crippen molar-refractivity contribution in [3.05, 3.63) is 57.6 Å². The van der Waals surface area contributed by atoms with Gasteiger partial charge in [0, 0.05) is 24.8 Å². The van der Waals surface area contributed by atoms with Crippen molar-refractivity contribution in [3.8, 4) is 16.9 Å². The third-order valence-electron chi connectivity index (χ3n) is 4.71. The average molecular weight is 475 g/mol. The molecule has 0 saturated carbocycles. The number of rotatable bonds is 14. The van der Waals surface area contributed by atoms with Gasteiger partial charge in [-0.1, -0.05) is 12.1 Å². The molecule has 11 heteroatoms. The highest BCUT2D eigenvalue weighted by atomic mass is 16.7. The van der Waals surface area contributed by atoms with Gasteiger partial charge in [0.25, 0.3) is 5.69 Å². The molecule has 2 rings (SSSR count). The van der Waals surface area contributed by atoms with Crippen LogP contribution in [0.25, 0.3) is 11.1 Å². The number of nitrogens with zero attached hydrogens (tertiary/aromatic N) is 1. The zero-order valence-electron chi connectivity index (χ0n) is 18.7. The van der Waals surface area contributed by atoms with Gasteiger partial charge in [-0.15, -0.1) is 0 Å². The summed E-state index contributed by atoms with van der Waals surface area (Å²) >= 11 is 0. The van der Waals surface area contributed by atoms with Crippen LogP contribution in [0.2, 0.25) is 0 Å². The van der Waals surface area contributed by atoms with Crippen LogP contribution in [-0.4, -0.2) is 62.0 Å². The van der Waals surface area contributed by atoms with Gasteiger partial charge in [-0.2, -0.15) is 0 Å². The second kappa shape index (κ2) is 13.0. The van der Waals surface area contributed by atoms with Crippen molar-refractivity contribution in [1.82, 2.24) is 0 Å². The van der Waals surface area contributed by atoms with Crippen LogP contribution < -0.4 is 4.74 Å². The highest BCUT2D eigenvalue weighted by Crippen LogP contribution is 2.38. The van der Waals surface area contributed by atoms with Crippen LogP contribution in [0.1, 0.15) is 35.2 Å². The number of ether oxygens (including phenoxy) is 4. The third kappa shape index (κ3) is 7.09. The van der Waals surface area contributed by atoms with E-state index >= 15 is 0 Å². The number of nitro benzene ring substituents is 1. The van der Waals surface area contributed by atoms with Crippen LogP contribution in [0, 0.1) is 10.1 Å². The zero-order chi connectivity index (χ0) is 25.1. The summed E-state index contributed by atoms with van der Waals surface area (Å²) in [7, 11) is 1.50. The molecule has 0 aliphatic carbocycles. The molecular weight excluding hydrogens is 450 g/mol. The van der Waals surface area contributed by atoms with E-state index in [9.17, 15) is 29.6 Å². The van der Waals surface area contributed by atoms with E-state index in [1.54, 1.807) is 13.0 Å². The fraction of sp³-hybridized carbons (Fsp3) is 0.348. The molecule has 34 heavy (non-hydrogen) atoms. The van der Waals surface area contributed by atoms with E-state index in [0.717, 1.165) is 0 Å². The highest BCUT2D eigenvalue weighted by Gasteiger charge is 2.28. The van der Waals surface area contributed by atoms with Crippen molar-refractivity contribution in [2.24, 2.45) is 0 Å². The van der Waals surface area contributed by atoms with Crippen molar-refractivity contribution in [2.75, 3.05) is 33.7 Å². The fourth-order valence-corrected chi connectivity index (χ4v) is 3.18. The maximum Gasteiger partial charge on any atom is 0.313 e. The quantitative estimate of drug-likeness (QED) is 0.108. The number of methoxy groups -OCH3 is 1. The number of aldehydes is 1. The molecule has 0 fully saturated rings. The third-order valence-corrected chi connectivity index (χ3v) is 4.71. The minimum absolute atomic E-state index is 0.00837. The van der Waals surface area contributed by atoms with E-state index < -0.39 is 29.2 Å². The predicted octanol–water partition coefficient (Wildman–Crippen LogP) is 3.20. The van der Waals surface area contributed by atoms with Gasteiger partial charge in [0.2, 0.25) is 0 Å². The summed E-state index contributed by atoms with van der Waals surface area (Å²) in [4.78, 5) is 46.6. The molecule has 0 aliphatic heterocycles. The molecule has 0 saturated heterocycles. The topological polar surface area (TPSA) is 152 Å². The van der Waals surface area contributed by atoms with Crippen LogP contribution in [0.4, 0.5) is 5.69 Å². The molecule has 0 spiro atoms. The average Bonchev–Trinajstić information content (AvgIpc) is 2.82. The van der Waals surface area contributed by atoms with E-state index in [4.69, 9.17) is 18.9 Å². The number of carbonyl (C=O) groups is 3. The van der Waals surface area contributed by atoms with Gasteiger partial charge in [-0.05, 0) is 30.2 Å². The second-order valence-electron chi connectivity index (χ2n) is 6.98. The number of carbonyl (C=O) groups excluding carboxylic acids is 2. The first kappa shape index (κ1) is 26.4. The predicted molar refractivity (Wildman–Crippen MR) is 119 cm³/mol. The molecule has 0 bridgehead atoms. The maximum atomic E-state index is 12.5. The molecule has 1 atom stereocenters. The molecule has 0 radical (unpaired) electrons. The lowest BCUT2D eigenvalue weighted by molar-refractivity contribution is -0.384. The first-order chi connectivity index (χ1) is 16.3. The molecule has 11 nitrogen and oxygen atoms in total. The van der Waals surface area contributed by atoms with E-state index in [1.807, 2.05) is 0 Å². The van der Waals surface area contributed by atoms with E-state index in [-0.39, 0.29) is 48.1 Å². The minimum atomic E-state index is -1.24. The SMILES string of the molecule is CCOC(=O)C(CC(=O)O)c1cc(C=O)c(OCOCCOC)c(-c2cccc([N+](=O)[O-])c2)c1. The first-order valence-corrected chi connectivity index (χ1v) is 10.3. The van der Waals surface area contributed by atoms with Crippen LogP contribution in [-0.2, 0) is 23.8 Å². The van der Waals surface area contributed by atoms with Crippen LogP contribution in [0.5, 0.6) is 5.75 Å². The summed E-state index contributed by atoms with van der Waals surface area (Å²) in [6.07, 6.45) is -0.0936. The van der Waals surface area contributed by atoms with E-state index in [2.05, 4.69) is 0 Å². The first-order valence-electron chi connectivity index (χ1n) is 10.3. The van der Waals surface area contributed by atoms with Crippen molar-refractivity contribution in [1.29, 1.82) is 0 Å². The standard InChI is InChI=1S/C23H25NO10/c1-3-33-23(28)20(12-21(26)27)16-9-17(13-25)22(34-14-32-8-7-31-2)19(11-16)15-5-4-6-18(10-15)24(29)30/h4-6,9-11,13,20H,3,7-8,12,14H2,1-2H3,(H,26,27). The number of hydrogen-bond donors (Lipinski definition) is 1. The van der Waals surface area contributed by atoms with Gasteiger partial charge in [-0.3, -0.25) is 24.5 Å². The smallest absolute Gasteiger partial charge is 0.313 e. The van der Waals surface area contributed by atoms with E-state index in [0.29, 0.717) is 18.5 Å². The molecule has 2 aromatic carbocycles. The van der Waals surface area contributed by atoms with Gasteiger partial charge < -0.3 is 24.1 Å². The lowest BCUT2D eigenvalue weighted by Gasteiger charge is -2.19. The Morgan fingerprint density at radius 3 is 2.59 bits per heavy atom. The molecule has 0 heterocycles. The van der Waals surface area contributed by atoms with Crippen molar-refractivity contribution in [2.45, 2.75) is 19.3 Å². The molecule has 182 valence electrons. The molecule has 0 aromatic heterocycles. The number of carboxylic acids is 1. The Kier molecular flexibility index (Phi) is 10.1. The molecule has 1 N–H and O–H groups in total. The number of carboxylic acid groups (broad SMARTS) is 1. The Morgan fingerprint density at radius 2 is 1.97 bits per heavy atom. The summed E-state index contributed by atoms with van der Waals surface area (Å²) in [6, 6.07) is 8.40. The number of benzene rings is 2. The van der Waals surface area contributed by atoms with Crippen LogP contribution >= 0.6 is 0 Å². The fourth-order valence-electron chi connectivity index (χ4n) is 3.18. The number of hydrogen-bond acceptors (Lipinski definition) is 9. The Hall–Kier alpha value is -3.83. The lowest BCUT2D eigenvalue weighted by atomic mass is 9.90. The van der Waals surface area contributed by atoms with Gasteiger partial charge >= 0.3 is 11.9 Å². The van der Waals surface area contributed by atoms with Gasteiger partial charge in [0.15, 0.2) is 13.1 Å². The Balaban J connectivity index is 2.64. The van der Waals surface area contributed by atoms with Gasteiger partial charge in [-0.25, -0.2) is 0 Å². The Morgan fingerprint density at radius 1 is 1.21 bits per heavy atom. The summed E-state index contributed by atoms with van der Waals surface area (Å²) < 4.78 is 20.9. The van der Waals surface area contributed by atoms with Crippen LogP contribution in [0.3, 0.4) is 0 Å². The molecular formula is C23H25NO10. The molecule has 0 amide bonds. The monoisotopic (exact) mass is 475 g/mol. The number of nitro groups is 1. The Bertz CT molecular complexity index is 1040. The van der Waals surface area contributed by atoms with Crippen molar-refractivity contribution in [3.63, 3.8) is 0 Å².